The summed E-state index contributed by atoms with van der Waals surface area (Å²) in [6.07, 6.45) is 5.52. The summed E-state index contributed by atoms with van der Waals surface area (Å²) < 4.78 is 11.0. The number of hydrogen-bond donors (Lipinski definition) is 1. The molecule has 0 spiro atoms. The third kappa shape index (κ3) is 4.54. The molecule has 1 aromatic heterocycles. The lowest BCUT2D eigenvalue weighted by atomic mass is 10.2. The van der Waals surface area contributed by atoms with Gasteiger partial charge in [-0.1, -0.05) is 13.0 Å². The second-order valence-electron chi connectivity index (χ2n) is 4.66. The number of aromatic nitrogens is 1. The maximum absolute atomic E-state index is 11.9. The summed E-state index contributed by atoms with van der Waals surface area (Å²) in [5.74, 6) is 0.934. The van der Waals surface area contributed by atoms with Gasteiger partial charge in [-0.3, -0.25) is 9.78 Å². The molecule has 6 heteroatoms. The Hall–Kier alpha value is -2.89. The average molecular weight is 313 g/mol. The van der Waals surface area contributed by atoms with Crippen molar-refractivity contribution >= 4 is 12.1 Å². The lowest BCUT2D eigenvalue weighted by Gasteiger charge is -2.12. The summed E-state index contributed by atoms with van der Waals surface area (Å²) in [6, 6.07) is 8.73. The normalized spacial score (nSPS) is 10.5. The zero-order chi connectivity index (χ0) is 16.5. The van der Waals surface area contributed by atoms with Gasteiger partial charge in [-0.15, -0.1) is 0 Å². The Balaban J connectivity index is 2.11. The van der Waals surface area contributed by atoms with Crippen LogP contribution in [0.15, 0.2) is 47.8 Å². The summed E-state index contributed by atoms with van der Waals surface area (Å²) in [4.78, 5) is 15.8. The standard InChI is InChI=1S/C17H19N3O3/c1-3-11-23-16-14(5-4-6-15(16)22-2)12-19-20-17(21)13-7-9-18-10-8-13/h4-10,12H,3,11H2,1-2H3,(H,20,21)/b19-12-. The van der Waals surface area contributed by atoms with Gasteiger partial charge >= 0.3 is 0 Å². The summed E-state index contributed by atoms with van der Waals surface area (Å²) in [7, 11) is 1.58. The van der Waals surface area contributed by atoms with Crippen LogP contribution in [0.4, 0.5) is 0 Å². The molecule has 2 rings (SSSR count). The van der Waals surface area contributed by atoms with Crippen LogP contribution in [-0.4, -0.2) is 30.8 Å². The van der Waals surface area contributed by atoms with Crippen LogP contribution in [0.25, 0.3) is 0 Å². The van der Waals surface area contributed by atoms with E-state index in [-0.39, 0.29) is 5.91 Å². The summed E-state index contributed by atoms with van der Waals surface area (Å²) in [5, 5.41) is 3.98. The van der Waals surface area contributed by atoms with Gasteiger partial charge in [-0.05, 0) is 30.7 Å². The Morgan fingerprint density at radius 3 is 2.78 bits per heavy atom. The number of nitrogens with one attached hydrogen (secondary N) is 1. The molecule has 1 amide bonds. The molecule has 0 bridgehead atoms. The van der Waals surface area contributed by atoms with Gasteiger partial charge in [-0.25, -0.2) is 5.43 Å². The van der Waals surface area contributed by atoms with Crippen molar-refractivity contribution in [2.45, 2.75) is 13.3 Å². The number of hydrogen-bond acceptors (Lipinski definition) is 5. The van der Waals surface area contributed by atoms with Crippen LogP contribution in [0.1, 0.15) is 29.3 Å². The maximum atomic E-state index is 11.9. The van der Waals surface area contributed by atoms with Crippen LogP contribution in [-0.2, 0) is 0 Å². The molecule has 0 atom stereocenters. The SMILES string of the molecule is CCCOc1c(/C=N\NC(=O)c2ccncc2)cccc1OC. The highest BCUT2D eigenvalue weighted by Crippen LogP contribution is 2.30. The molecule has 2 aromatic rings. The molecule has 0 aliphatic carbocycles. The van der Waals surface area contributed by atoms with E-state index in [1.807, 2.05) is 25.1 Å². The Morgan fingerprint density at radius 1 is 1.30 bits per heavy atom. The number of hydrazone groups is 1. The second kappa shape index (κ2) is 8.53. The van der Waals surface area contributed by atoms with Gasteiger partial charge in [0.15, 0.2) is 11.5 Å². The largest absolute Gasteiger partial charge is 0.493 e. The zero-order valence-electron chi connectivity index (χ0n) is 13.2. The number of carbonyl (C=O) groups is 1. The van der Waals surface area contributed by atoms with Crippen molar-refractivity contribution in [1.29, 1.82) is 0 Å². The maximum Gasteiger partial charge on any atom is 0.271 e. The fourth-order valence-corrected chi connectivity index (χ4v) is 1.88. The molecule has 0 aliphatic heterocycles. The molecule has 23 heavy (non-hydrogen) atoms. The molecule has 0 saturated carbocycles. The van der Waals surface area contributed by atoms with E-state index in [0.717, 1.165) is 12.0 Å². The highest BCUT2D eigenvalue weighted by atomic mass is 16.5. The van der Waals surface area contributed by atoms with Crippen LogP contribution < -0.4 is 14.9 Å². The van der Waals surface area contributed by atoms with E-state index >= 15 is 0 Å². The van der Waals surface area contributed by atoms with E-state index < -0.39 is 0 Å². The molecule has 1 heterocycles. The van der Waals surface area contributed by atoms with Gasteiger partial charge in [0.1, 0.15) is 0 Å². The van der Waals surface area contributed by atoms with Gasteiger partial charge in [-0.2, -0.15) is 5.10 Å². The van der Waals surface area contributed by atoms with Crippen molar-refractivity contribution in [2.24, 2.45) is 5.10 Å². The molecule has 1 N–H and O–H groups in total. The predicted octanol–water partition coefficient (Wildman–Crippen LogP) is 2.64. The molecule has 0 unspecified atom stereocenters. The lowest BCUT2D eigenvalue weighted by molar-refractivity contribution is 0.0955. The minimum Gasteiger partial charge on any atom is -0.493 e. The summed E-state index contributed by atoms with van der Waals surface area (Å²) >= 11 is 0. The molecule has 0 radical (unpaired) electrons. The fraction of sp³-hybridized carbons (Fsp3) is 0.235. The topological polar surface area (TPSA) is 72.8 Å². The first kappa shape index (κ1) is 16.5. The average Bonchev–Trinajstić information content (AvgIpc) is 2.60. The minimum absolute atomic E-state index is 0.303. The first-order valence-corrected chi connectivity index (χ1v) is 7.29. The van der Waals surface area contributed by atoms with E-state index in [1.165, 1.54) is 6.21 Å². The molecule has 0 saturated heterocycles. The number of carbonyl (C=O) groups excluding carboxylic acids is 1. The Morgan fingerprint density at radius 2 is 2.09 bits per heavy atom. The molecule has 1 aromatic carbocycles. The third-order valence-corrected chi connectivity index (χ3v) is 2.99. The van der Waals surface area contributed by atoms with E-state index in [4.69, 9.17) is 9.47 Å². The number of methoxy groups -OCH3 is 1. The fourth-order valence-electron chi connectivity index (χ4n) is 1.88. The summed E-state index contributed by atoms with van der Waals surface area (Å²) in [5.41, 5.74) is 3.70. The van der Waals surface area contributed by atoms with E-state index in [0.29, 0.717) is 23.7 Å². The van der Waals surface area contributed by atoms with Gasteiger partial charge in [0.2, 0.25) is 0 Å². The zero-order valence-corrected chi connectivity index (χ0v) is 13.2. The van der Waals surface area contributed by atoms with Crippen molar-refractivity contribution in [3.8, 4) is 11.5 Å². The van der Waals surface area contributed by atoms with Gasteiger partial charge in [0.05, 0.1) is 19.9 Å². The van der Waals surface area contributed by atoms with Crippen LogP contribution >= 0.6 is 0 Å². The Bertz CT molecular complexity index is 672. The smallest absolute Gasteiger partial charge is 0.271 e. The first-order valence-electron chi connectivity index (χ1n) is 7.29. The number of pyridine rings is 1. The van der Waals surface area contributed by atoms with Gasteiger partial charge < -0.3 is 9.47 Å². The minimum atomic E-state index is -0.303. The monoisotopic (exact) mass is 313 g/mol. The molecule has 120 valence electrons. The van der Waals surface area contributed by atoms with Crippen LogP contribution in [0.2, 0.25) is 0 Å². The van der Waals surface area contributed by atoms with Gasteiger partial charge in [0, 0.05) is 23.5 Å². The Labute approximate surface area is 135 Å². The number of para-hydroxylation sites is 1. The quantitative estimate of drug-likeness (QED) is 0.630. The highest BCUT2D eigenvalue weighted by Gasteiger charge is 2.09. The molecule has 6 nitrogen and oxygen atoms in total. The van der Waals surface area contributed by atoms with Gasteiger partial charge in [0.25, 0.3) is 5.91 Å². The van der Waals surface area contributed by atoms with E-state index in [9.17, 15) is 4.79 Å². The van der Waals surface area contributed by atoms with Crippen molar-refractivity contribution < 1.29 is 14.3 Å². The number of amides is 1. The van der Waals surface area contributed by atoms with E-state index in [2.05, 4.69) is 15.5 Å². The van der Waals surface area contributed by atoms with Crippen molar-refractivity contribution in [1.82, 2.24) is 10.4 Å². The first-order chi connectivity index (χ1) is 11.3. The number of ether oxygens (including phenoxy) is 2. The molecular formula is C17H19N3O3. The lowest BCUT2D eigenvalue weighted by Crippen LogP contribution is -2.17. The van der Waals surface area contributed by atoms with Crippen molar-refractivity contribution in [2.75, 3.05) is 13.7 Å². The van der Waals surface area contributed by atoms with Crippen LogP contribution in [0.5, 0.6) is 11.5 Å². The number of rotatable bonds is 7. The Kier molecular flexibility index (Phi) is 6.11. The van der Waals surface area contributed by atoms with E-state index in [1.54, 1.807) is 31.6 Å². The van der Waals surface area contributed by atoms with Crippen molar-refractivity contribution in [3.05, 3.63) is 53.9 Å². The van der Waals surface area contributed by atoms with Crippen LogP contribution in [0.3, 0.4) is 0 Å². The third-order valence-electron chi connectivity index (χ3n) is 2.99. The number of nitrogens with zero attached hydrogens (tertiary/aromatic N) is 2. The van der Waals surface area contributed by atoms with Crippen molar-refractivity contribution in [3.63, 3.8) is 0 Å². The summed E-state index contributed by atoms with van der Waals surface area (Å²) in [6.45, 7) is 2.60. The van der Waals surface area contributed by atoms with Crippen LogP contribution in [0, 0.1) is 0 Å². The molecule has 0 aliphatic rings. The number of benzene rings is 1. The second-order valence-corrected chi connectivity index (χ2v) is 4.66. The molecule has 0 fully saturated rings. The molecular weight excluding hydrogens is 294 g/mol. The highest BCUT2D eigenvalue weighted by molar-refractivity contribution is 5.95. The predicted molar refractivity (Wildman–Crippen MR) is 88.1 cm³/mol.